The Labute approximate surface area is 104 Å². The van der Waals surface area contributed by atoms with Gasteiger partial charge in [0.2, 0.25) is 0 Å². The lowest BCUT2D eigenvalue weighted by Gasteiger charge is -2.32. The van der Waals surface area contributed by atoms with E-state index >= 15 is 0 Å². The largest absolute Gasteiger partial charge is 0.514 e. The Bertz CT molecular complexity index is 563. The molecule has 1 fully saturated rings. The SMILES string of the molecule is [2H]c1nc(B2OC(C)(C)C(C)(C)O2)c([2H])c(C([2H])[2H])c1[2H]. The predicted octanol–water partition coefficient (Wildman–Crippen LogP) is 1.69. The quantitative estimate of drug-likeness (QED) is 0.680. The summed E-state index contributed by atoms with van der Waals surface area (Å²) in [4.78, 5) is 3.90. The average molecular weight is 224 g/mol. The molecule has 86 valence electrons. The van der Waals surface area contributed by atoms with Gasteiger partial charge in [-0.25, -0.2) is 0 Å². The summed E-state index contributed by atoms with van der Waals surface area (Å²) in [7, 11) is -0.940. The molecule has 2 rings (SSSR count). The molecule has 0 amide bonds. The Hall–Kier alpha value is -0.865. The van der Waals surface area contributed by atoms with Crippen molar-refractivity contribution in [3.63, 3.8) is 0 Å². The van der Waals surface area contributed by atoms with Gasteiger partial charge in [0.15, 0.2) is 0 Å². The van der Waals surface area contributed by atoms with Gasteiger partial charge in [-0.05, 0) is 52.2 Å². The van der Waals surface area contributed by atoms with Crippen molar-refractivity contribution >= 4 is 12.7 Å². The Kier molecular flexibility index (Phi) is 1.51. The number of aromatic nitrogens is 1. The molecular weight excluding hydrogens is 201 g/mol. The zero-order valence-electron chi connectivity index (χ0n) is 14.9. The lowest BCUT2D eigenvalue weighted by Crippen LogP contribution is -2.41. The van der Waals surface area contributed by atoms with Gasteiger partial charge in [-0.2, -0.15) is 0 Å². The Morgan fingerprint density at radius 1 is 1.31 bits per heavy atom. The van der Waals surface area contributed by atoms with Gasteiger partial charge >= 0.3 is 7.12 Å². The fourth-order valence-electron chi connectivity index (χ4n) is 1.41. The molecular formula is C12H18BNO2. The van der Waals surface area contributed by atoms with Crippen molar-refractivity contribution < 1.29 is 16.2 Å². The minimum Gasteiger partial charge on any atom is -0.398 e. The van der Waals surface area contributed by atoms with Crippen molar-refractivity contribution in [3.8, 4) is 0 Å². The average Bonchev–Trinajstić information content (AvgIpc) is 2.52. The van der Waals surface area contributed by atoms with Gasteiger partial charge in [-0.1, -0.05) is 0 Å². The molecule has 0 N–H and O–H groups in total. The van der Waals surface area contributed by atoms with Crippen molar-refractivity contribution in [2.45, 2.75) is 45.8 Å². The normalized spacial score (nSPS) is 27.1. The summed E-state index contributed by atoms with van der Waals surface area (Å²) in [5.41, 5.74) is -1.33. The minimum absolute atomic E-state index is 0.0501. The molecule has 0 saturated carbocycles. The molecule has 0 aromatic carbocycles. The molecule has 16 heavy (non-hydrogen) atoms. The van der Waals surface area contributed by atoms with Crippen LogP contribution in [0.5, 0.6) is 0 Å². The third kappa shape index (κ3) is 1.87. The summed E-state index contributed by atoms with van der Waals surface area (Å²) < 4.78 is 50.0. The smallest absolute Gasteiger partial charge is 0.398 e. The lowest BCUT2D eigenvalue weighted by atomic mass is 9.83. The summed E-state index contributed by atoms with van der Waals surface area (Å²) in [5.74, 6) is 0. The van der Waals surface area contributed by atoms with Crippen LogP contribution in [-0.4, -0.2) is 23.3 Å². The monoisotopic (exact) mass is 224 g/mol. The first-order chi connectivity index (χ1) is 9.48. The van der Waals surface area contributed by atoms with Crippen molar-refractivity contribution in [3.05, 3.63) is 23.8 Å². The summed E-state index contributed by atoms with van der Waals surface area (Å²) >= 11 is 0. The second-order valence-electron chi connectivity index (χ2n) is 4.86. The molecule has 0 bridgehead atoms. The van der Waals surface area contributed by atoms with E-state index in [0.29, 0.717) is 0 Å². The van der Waals surface area contributed by atoms with E-state index in [1.807, 2.05) is 27.7 Å². The topological polar surface area (TPSA) is 31.4 Å². The molecule has 0 unspecified atom stereocenters. The molecule has 4 heteroatoms. The first-order valence-electron chi connectivity index (χ1n) is 7.81. The van der Waals surface area contributed by atoms with Crippen LogP contribution in [0.2, 0.25) is 0 Å². The van der Waals surface area contributed by atoms with Gasteiger partial charge < -0.3 is 9.31 Å². The number of pyridine rings is 1. The fourth-order valence-corrected chi connectivity index (χ4v) is 1.41. The molecule has 1 aromatic heterocycles. The van der Waals surface area contributed by atoms with E-state index in [1.54, 1.807) is 0 Å². The molecule has 0 spiro atoms. The van der Waals surface area contributed by atoms with E-state index in [4.69, 9.17) is 16.2 Å². The van der Waals surface area contributed by atoms with Gasteiger partial charge in [0.1, 0.15) is 0 Å². The van der Waals surface area contributed by atoms with Crippen molar-refractivity contribution in [1.29, 1.82) is 0 Å². The Morgan fingerprint density at radius 2 is 1.94 bits per heavy atom. The van der Waals surface area contributed by atoms with Crippen LogP contribution >= 0.6 is 0 Å². The summed E-state index contributed by atoms with van der Waals surface area (Å²) in [5, 5.41) is 0. The highest BCUT2D eigenvalue weighted by Crippen LogP contribution is 2.36. The summed E-state index contributed by atoms with van der Waals surface area (Å²) in [6.07, 6.45) is -0.379. The minimum atomic E-state index is -1.53. The van der Waals surface area contributed by atoms with Crippen molar-refractivity contribution in [2.24, 2.45) is 0 Å². The molecule has 1 aromatic rings. The second-order valence-corrected chi connectivity index (χ2v) is 4.86. The number of hydrogen-bond acceptors (Lipinski definition) is 3. The maximum absolute atomic E-state index is 8.07. The fraction of sp³-hybridized carbons (Fsp3) is 0.583. The highest BCUT2D eigenvalue weighted by atomic mass is 16.7. The van der Waals surface area contributed by atoms with Crippen LogP contribution in [0.25, 0.3) is 0 Å². The van der Waals surface area contributed by atoms with Crippen molar-refractivity contribution in [1.82, 2.24) is 4.98 Å². The van der Waals surface area contributed by atoms with Gasteiger partial charge in [0.25, 0.3) is 0 Å². The van der Waals surface area contributed by atoms with Gasteiger partial charge in [-0.3, -0.25) is 4.98 Å². The summed E-state index contributed by atoms with van der Waals surface area (Å²) in [6, 6.07) is -0.597. The molecule has 1 aliphatic heterocycles. The van der Waals surface area contributed by atoms with Crippen LogP contribution in [-0.2, 0) is 9.31 Å². The summed E-state index contributed by atoms with van der Waals surface area (Å²) in [6.45, 7) is 5.90. The highest BCUT2D eigenvalue weighted by molar-refractivity contribution is 6.61. The number of nitrogens with zero attached hydrogens (tertiary/aromatic N) is 1. The van der Waals surface area contributed by atoms with Gasteiger partial charge in [-0.15, -0.1) is 0 Å². The maximum Gasteiger partial charge on any atom is 0.514 e. The lowest BCUT2D eigenvalue weighted by molar-refractivity contribution is 0.00578. The third-order valence-corrected chi connectivity index (χ3v) is 3.11. The Morgan fingerprint density at radius 3 is 2.50 bits per heavy atom. The molecule has 1 saturated heterocycles. The second kappa shape index (κ2) is 3.57. The van der Waals surface area contributed by atoms with Crippen LogP contribution in [0.4, 0.5) is 0 Å². The van der Waals surface area contributed by atoms with Gasteiger partial charge in [0.05, 0.1) is 20.9 Å². The number of rotatable bonds is 1. The predicted molar refractivity (Wildman–Crippen MR) is 64.7 cm³/mol. The molecule has 0 aliphatic carbocycles. The van der Waals surface area contributed by atoms with Crippen LogP contribution in [0.1, 0.15) is 40.1 Å². The van der Waals surface area contributed by atoms with Crippen LogP contribution in [0.15, 0.2) is 18.3 Å². The van der Waals surface area contributed by atoms with E-state index in [2.05, 4.69) is 4.98 Å². The number of hydrogen-bond donors (Lipinski definition) is 0. The Balaban J connectivity index is 2.52. The highest BCUT2D eigenvalue weighted by Gasteiger charge is 2.52. The van der Waals surface area contributed by atoms with E-state index < -0.39 is 25.2 Å². The molecule has 0 radical (unpaired) electrons. The first kappa shape index (κ1) is 6.77. The van der Waals surface area contributed by atoms with E-state index in [-0.39, 0.29) is 29.4 Å². The van der Waals surface area contributed by atoms with E-state index in [0.717, 1.165) is 0 Å². The molecule has 1 aliphatic rings. The third-order valence-electron chi connectivity index (χ3n) is 3.11. The van der Waals surface area contributed by atoms with Gasteiger partial charge in [0, 0.05) is 8.91 Å². The van der Waals surface area contributed by atoms with Crippen molar-refractivity contribution in [2.75, 3.05) is 0 Å². The van der Waals surface area contributed by atoms with E-state index in [9.17, 15) is 0 Å². The molecule has 0 atom stereocenters. The molecule has 3 nitrogen and oxygen atoms in total. The van der Waals surface area contributed by atoms with Crippen LogP contribution in [0, 0.1) is 6.88 Å². The first-order valence-corrected chi connectivity index (χ1v) is 5.15. The standard InChI is InChI=1S/C12H18BNO2/c1-9-6-7-14-10(8-9)13-15-11(2,3)12(4,5)16-13/h6-8H,1-5H3/i1D2,6D,7D,8D. The molecule has 2 heterocycles. The van der Waals surface area contributed by atoms with Crippen LogP contribution in [0.3, 0.4) is 0 Å². The van der Waals surface area contributed by atoms with E-state index in [1.165, 1.54) is 0 Å². The zero-order valence-corrected chi connectivity index (χ0v) is 9.92. The zero-order chi connectivity index (χ0) is 16.2. The van der Waals surface area contributed by atoms with Crippen LogP contribution < -0.4 is 5.59 Å². The maximum atomic E-state index is 8.07.